The molecule has 3 aromatic rings. The number of nitro benzene ring substituents is 1. The van der Waals surface area contributed by atoms with E-state index in [0.717, 1.165) is 6.42 Å². The molecule has 2 saturated heterocycles. The predicted molar refractivity (Wildman–Crippen MR) is 139 cm³/mol. The van der Waals surface area contributed by atoms with E-state index in [1.165, 1.54) is 24.3 Å². The minimum Gasteiger partial charge on any atom is -0.325 e. The second-order valence-electron chi connectivity index (χ2n) is 10.2. The lowest BCUT2D eigenvalue weighted by atomic mass is 9.60. The number of carbonyl (C=O) groups excluding carboxylic acids is 3. The van der Waals surface area contributed by atoms with Crippen molar-refractivity contribution in [1.29, 1.82) is 0 Å². The van der Waals surface area contributed by atoms with Gasteiger partial charge in [0, 0.05) is 45.7 Å². The summed E-state index contributed by atoms with van der Waals surface area (Å²) in [7, 11) is 0. The minimum atomic E-state index is -1.53. The normalized spacial score (nSPS) is 28.8. The number of carbonyl (C=O) groups is 3. The summed E-state index contributed by atoms with van der Waals surface area (Å²) in [4.78, 5) is 56.1. The van der Waals surface area contributed by atoms with E-state index in [1.807, 2.05) is 23.1 Å². The highest BCUT2D eigenvalue weighted by atomic mass is 35.5. The van der Waals surface area contributed by atoms with E-state index in [0.29, 0.717) is 40.5 Å². The minimum absolute atomic E-state index is 0.0737. The van der Waals surface area contributed by atoms with Gasteiger partial charge in [0.2, 0.25) is 11.8 Å². The summed E-state index contributed by atoms with van der Waals surface area (Å²) in [5, 5.41) is 17.9. The fraction of sp³-hybridized carbons (Fsp3) is 0.250. The third kappa shape index (κ3) is 2.62. The quantitative estimate of drug-likeness (QED) is 0.297. The Balaban J connectivity index is 1.58. The molecule has 0 bridgehead atoms. The van der Waals surface area contributed by atoms with Crippen molar-refractivity contribution in [1.82, 2.24) is 4.90 Å². The molecule has 3 aromatic carbocycles. The molecule has 2 N–H and O–H groups in total. The number of nitro groups is 1. The first-order valence-corrected chi connectivity index (χ1v) is 12.8. The van der Waals surface area contributed by atoms with Crippen LogP contribution in [0.4, 0.5) is 17.1 Å². The average Bonchev–Trinajstić information content (AvgIpc) is 3.63. The molecule has 0 aromatic heterocycles. The molecular formula is C28H21ClN4O5. The molecule has 0 unspecified atom stereocenters. The summed E-state index contributed by atoms with van der Waals surface area (Å²) < 4.78 is 0. The van der Waals surface area contributed by atoms with Crippen LogP contribution in [-0.4, -0.2) is 40.0 Å². The van der Waals surface area contributed by atoms with E-state index >= 15 is 0 Å². The maximum Gasteiger partial charge on any atom is 0.270 e. The number of fused-ring (bicyclic) bond motifs is 7. The first kappa shape index (κ1) is 23.1. The van der Waals surface area contributed by atoms with Gasteiger partial charge in [0.1, 0.15) is 11.0 Å². The van der Waals surface area contributed by atoms with Crippen LogP contribution >= 0.6 is 11.6 Å². The zero-order valence-electron chi connectivity index (χ0n) is 19.9. The van der Waals surface area contributed by atoms with Gasteiger partial charge >= 0.3 is 0 Å². The number of halogens is 1. The molecular weight excluding hydrogens is 508 g/mol. The van der Waals surface area contributed by atoms with Crippen LogP contribution < -0.4 is 10.6 Å². The van der Waals surface area contributed by atoms with Gasteiger partial charge in [-0.1, -0.05) is 41.9 Å². The Bertz CT molecular complexity index is 1610. The molecule has 4 heterocycles. The molecule has 7 rings (SSSR count). The van der Waals surface area contributed by atoms with Crippen LogP contribution in [0.2, 0.25) is 5.02 Å². The van der Waals surface area contributed by atoms with Gasteiger partial charge < -0.3 is 10.6 Å². The molecule has 2 fully saturated rings. The van der Waals surface area contributed by atoms with Gasteiger partial charge in [-0.3, -0.25) is 29.4 Å². The Kier molecular flexibility index (Phi) is 4.69. The van der Waals surface area contributed by atoms with Crippen molar-refractivity contribution < 1.29 is 19.3 Å². The predicted octanol–water partition coefficient (Wildman–Crippen LogP) is 4.26. The largest absolute Gasteiger partial charge is 0.325 e. The molecule has 4 aliphatic heterocycles. The van der Waals surface area contributed by atoms with E-state index < -0.39 is 39.5 Å². The SMILES string of the molecule is O=C(c1cccc([N+](=O)[O-])c1)[C@@H]1[C@]2(C(=O)Nc3ccccc32)[C@@H]2CCCN2[C@@]12C(=O)Nc1ccc(Cl)cc12. The lowest BCUT2D eigenvalue weighted by Gasteiger charge is -2.38. The van der Waals surface area contributed by atoms with Gasteiger partial charge in [0.05, 0.1) is 10.8 Å². The molecule has 38 heavy (non-hydrogen) atoms. The summed E-state index contributed by atoms with van der Waals surface area (Å²) in [5.41, 5.74) is -0.759. The number of hydrogen-bond donors (Lipinski definition) is 2. The van der Waals surface area contributed by atoms with Gasteiger partial charge in [-0.05, 0) is 49.2 Å². The van der Waals surface area contributed by atoms with E-state index in [9.17, 15) is 24.5 Å². The molecule has 190 valence electrons. The first-order chi connectivity index (χ1) is 18.3. The molecule has 9 nitrogen and oxygen atoms in total. The Morgan fingerprint density at radius 3 is 2.55 bits per heavy atom. The molecule has 2 amide bonds. The standard InChI is InChI=1S/C28H21ClN4O5/c29-16-10-11-21-19(14-16)28(26(36)31-21)24(23(34)15-5-3-6-17(13-15)33(37)38)27(22-9-4-12-32(22)28)18-7-1-2-8-20(18)30-25(27)35/h1-3,5-8,10-11,13-14,22,24H,4,9,12H2,(H,30,35)(H,31,36)/t22-,24+,27+,28+/m0/s1. The number of anilines is 2. The third-order valence-corrected chi connectivity index (χ3v) is 8.93. The molecule has 4 atom stereocenters. The van der Waals surface area contributed by atoms with Gasteiger partial charge in [-0.2, -0.15) is 0 Å². The Hall–Kier alpha value is -4.08. The third-order valence-electron chi connectivity index (χ3n) is 8.69. The maximum absolute atomic E-state index is 14.7. The summed E-state index contributed by atoms with van der Waals surface area (Å²) in [6, 6.07) is 17.4. The van der Waals surface area contributed by atoms with Crippen LogP contribution in [0.1, 0.15) is 34.3 Å². The fourth-order valence-electron chi connectivity index (χ4n) is 7.46. The summed E-state index contributed by atoms with van der Waals surface area (Å²) in [6.45, 7) is 0.500. The highest BCUT2D eigenvalue weighted by molar-refractivity contribution is 6.31. The van der Waals surface area contributed by atoms with E-state index in [1.54, 1.807) is 24.3 Å². The number of ketones is 1. The van der Waals surface area contributed by atoms with Crippen molar-refractivity contribution in [3.05, 3.63) is 98.6 Å². The molecule has 0 aliphatic carbocycles. The summed E-state index contributed by atoms with van der Waals surface area (Å²) >= 11 is 6.44. The number of benzene rings is 3. The van der Waals surface area contributed by atoms with Gasteiger partial charge in [0.25, 0.3) is 5.69 Å². The smallest absolute Gasteiger partial charge is 0.270 e. The molecule has 4 aliphatic rings. The lowest BCUT2D eigenvalue weighted by molar-refractivity contribution is -0.384. The Morgan fingerprint density at radius 2 is 1.74 bits per heavy atom. The monoisotopic (exact) mass is 528 g/mol. The number of para-hydroxylation sites is 1. The average molecular weight is 529 g/mol. The van der Waals surface area contributed by atoms with Gasteiger partial charge in [0.15, 0.2) is 5.78 Å². The molecule has 0 radical (unpaired) electrons. The van der Waals surface area contributed by atoms with E-state index in [4.69, 9.17) is 11.6 Å². The zero-order valence-corrected chi connectivity index (χ0v) is 20.7. The topological polar surface area (TPSA) is 122 Å². The summed E-state index contributed by atoms with van der Waals surface area (Å²) in [6.07, 6.45) is 1.34. The second kappa shape index (κ2) is 7.72. The zero-order chi connectivity index (χ0) is 26.4. The van der Waals surface area contributed by atoms with Gasteiger partial charge in [-0.25, -0.2) is 0 Å². The number of rotatable bonds is 3. The van der Waals surface area contributed by atoms with Crippen LogP contribution in [0.25, 0.3) is 0 Å². The van der Waals surface area contributed by atoms with Crippen LogP contribution in [0, 0.1) is 16.0 Å². The molecule has 0 saturated carbocycles. The second-order valence-corrected chi connectivity index (χ2v) is 10.7. The van der Waals surface area contributed by atoms with Crippen LogP contribution in [0.5, 0.6) is 0 Å². The Morgan fingerprint density at radius 1 is 0.974 bits per heavy atom. The van der Waals surface area contributed by atoms with E-state index in [2.05, 4.69) is 10.6 Å². The van der Waals surface area contributed by atoms with Crippen molar-refractivity contribution in [3.8, 4) is 0 Å². The molecule has 10 heteroatoms. The van der Waals surface area contributed by atoms with Crippen LogP contribution in [0.3, 0.4) is 0 Å². The van der Waals surface area contributed by atoms with Crippen molar-refractivity contribution in [3.63, 3.8) is 0 Å². The van der Waals surface area contributed by atoms with Crippen molar-refractivity contribution in [2.24, 2.45) is 5.92 Å². The fourth-order valence-corrected chi connectivity index (χ4v) is 7.63. The van der Waals surface area contributed by atoms with Crippen molar-refractivity contribution >= 4 is 46.3 Å². The maximum atomic E-state index is 14.7. The number of non-ortho nitro benzene ring substituents is 1. The number of Topliss-reactive ketones (excluding diaryl/α,β-unsaturated/α-hetero) is 1. The number of hydrogen-bond acceptors (Lipinski definition) is 6. The van der Waals surface area contributed by atoms with Crippen LogP contribution in [-0.2, 0) is 20.5 Å². The van der Waals surface area contributed by atoms with E-state index in [-0.39, 0.29) is 17.2 Å². The van der Waals surface area contributed by atoms with Crippen molar-refractivity contribution in [2.75, 3.05) is 17.2 Å². The van der Waals surface area contributed by atoms with Crippen LogP contribution in [0.15, 0.2) is 66.7 Å². The first-order valence-electron chi connectivity index (χ1n) is 12.4. The highest BCUT2D eigenvalue weighted by Gasteiger charge is 2.78. The van der Waals surface area contributed by atoms with Crippen molar-refractivity contribution in [2.45, 2.75) is 29.8 Å². The summed E-state index contributed by atoms with van der Waals surface area (Å²) in [5.74, 6) is -2.46. The lowest BCUT2D eigenvalue weighted by Crippen LogP contribution is -2.55. The van der Waals surface area contributed by atoms with Gasteiger partial charge in [-0.15, -0.1) is 0 Å². The molecule has 2 spiro atoms. The Labute approximate surface area is 221 Å². The number of nitrogens with one attached hydrogen (secondary N) is 2. The number of amides is 2. The number of nitrogens with zero attached hydrogens (tertiary/aromatic N) is 2. The highest BCUT2D eigenvalue weighted by Crippen LogP contribution is 2.66.